The van der Waals surface area contributed by atoms with Gasteiger partial charge < -0.3 is 9.88 Å². The third-order valence-corrected chi connectivity index (χ3v) is 4.38. The van der Waals surface area contributed by atoms with Crippen molar-refractivity contribution in [2.45, 2.75) is 38.9 Å². The number of rotatable bonds is 2. The van der Waals surface area contributed by atoms with Crippen LogP contribution in [-0.2, 0) is 6.18 Å². The SMILES string of the molecule is Cc1nc(C2CCCN2c2nc(C(F)(F)F)ns2)[nH]c1C. The maximum Gasteiger partial charge on any atom is 0.452 e. The van der Waals surface area contributed by atoms with E-state index in [1.54, 1.807) is 0 Å². The lowest BCUT2D eigenvalue weighted by Gasteiger charge is -2.21. The average Bonchev–Trinajstić information content (AvgIpc) is 3.08. The van der Waals surface area contributed by atoms with E-state index in [2.05, 4.69) is 19.3 Å². The molecule has 1 aliphatic rings. The van der Waals surface area contributed by atoms with Crippen molar-refractivity contribution < 1.29 is 13.2 Å². The number of aromatic amines is 1. The second kappa shape index (κ2) is 4.97. The van der Waals surface area contributed by atoms with E-state index < -0.39 is 12.0 Å². The van der Waals surface area contributed by atoms with E-state index in [0.29, 0.717) is 11.7 Å². The first-order valence-corrected chi connectivity index (χ1v) is 7.34. The molecule has 0 radical (unpaired) electrons. The molecule has 1 saturated heterocycles. The summed E-state index contributed by atoms with van der Waals surface area (Å²) in [7, 11) is 0. The molecule has 2 aromatic heterocycles. The lowest BCUT2D eigenvalue weighted by Crippen LogP contribution is -2.23. The zero-order chi connectivity index (χ0) is 15.2. The van der Waals surface area contributed by atoms with Crippen LogP contribution in [0.4, 0.5) is 18.3 Å². The van der Waals surface area contributed by atoms with Gasteiger partial charge in [0.05, 0.1) is 11.7 Å². The molecular weight excluding hydrogens is 303 g/mol. The molecule has 114 valence electrons. The topological polar surface area (TPSA) is 57.7 Å². The van der Waals surface area contributed by atoms with Crippen molar-refractivity contribution in [2.24, 2.45) is 0 Å². The van der Waals surface area contributed by atoms with Crippen molar-refractivity contribution in [1.29, 1.82) is 0 Å². The van der Waals surface area contributed by atoms with E-state index in [1.807, 2.05) is 18.7 Å². The Labute approximate surface area is 123 Å². The van der Waals surface area contributed by atoms with Crippen LogP contribution in [0.3, 0.4) is 0 Å². The molecule has 0 aromatic carbocycles. The zero-order valence-corrected chi connectivity index (χ0v) is 12.3. The van der Waals surface area contributed by atoms with Gasteiger partial charge in [-0.2, -0.15) is 22.5 Å². The molecule has 0 saturated carbocycles. The number of anilines is 1. The first-order valence-electron chi connectivity index (χ1n) is 6.57. The summed E-state index contributed by atoms with van der Waals surface area (Å²) in [6.45, 7) is 4.50. The largest absolute Gasteiger partial charge is 0.452 e. The maximum absolute atomic E-state index is 12.6. The quantitative estimate of drug-likeness (QED) is 0.924. The molecule has 1 aliphatic heterocycles. The second-order valence-electron chi connectivity index (χ2n) is 5.08. The van der Waals surface area contributed by atoms with Gasteiger partial charge in [-0.3, -0.25) is 0 Å². The molecule has 5 nitrogen and oxygen atoms in total. The molecule has 0 spiro atoms. The van der Waals surface area contributed by atoms with Gasteiger partial charge in [0.2, 0.25) is 11.0 Å². The number of imidazole rings is 1. The van der Waals surface area contributed by atoms with Crippen molar-refractivity contribution in [1.82, 2.24) is 19.3 Å². The molecule has 0 aliphatic carbocycles. The number of aryl methyl sites for hydroxylation is 2. The number of H-pyrrole nitrogens is 1. The molecule has 21 heavy (non-hydrogen) atoms. The first-order chi connectivity index (χ1) is 9.86. The highest BCUT2D eigenvalue weighted by molar-refractivity contribution is 7.09. The Hall–Kier alpha value is -1.64. The van der Waals surface area contributed by atoms with Gasteiger partial charge in [-0.1, -0.05) is 0 Å². The number of alkyl halides is 3. The molecule has 2 aromatic rings. The maximum atomic E-state index is 12.6. The van der Waals surface area contributed by atoms with Gasteiger partial charge in [-0.25, -0.2) is 4.98 Å². The monoisotopic (exact) mass is 317 g/mol. The number of nitrogens with zero attached hydrogens (tertiary/aromatic N) is 4. The van der Waals surface area contributed by atoms with Gasteiger partial charge in [0.25, 0.3) is 0 Å². The van der Waals surface area contributed by atoms with Gasteiger partial charge in [0.1, 0.15) is 5.82 Å². The molecule has 0 amide bonds. The van der Waals surface area contributed by atoms with Crippen molar-refractivity contribution in [3.8, 4) is 0 Å². The molecule has 1 fully saturated rings. The third-order valence-electron chi connectivity index (χ3n) is 3.63. The van der Waals surface area contributed by atoms with Gasteiger partial charge in [0, 0.05) is 23.8 Å². The van der Waals surface area contributed by atoms with Crippen LogP contribution in [0.1, 0.15) is 41.9 Å². The summed E-state index contributed by atoms with van der Waals surface area (Å²) >= 11 is 0.786. The van der Waals surface area contributed by atoms with Crippen LogP contribution in [0.25, 0.3) is 0 Å². The van der Waals surface area contributed by atoms with Crippen molar-refractivity contribution >= 4 is 16.7 Å². The van der Waals surface area contributed by atoms with Crippen molar-refractivity contribution in [2.75, 3.05) is 11.4 Å². The van der Waals surface area contributed by atoms with Gasteiger partial charge in [-0.05, 0) is 26.7 Å². The molecule has 3 heterocycles. The Kier molecular flexibility index (Phi) is 3.39. The van der Waals surface area contributed by atoms with Crippen LogP contribution >= 0.6 is 11.5 Å². The minimum absolute atomic E-state index is 0.0635. The summed E-state index contributed by atoms with van der Waals surface area (Å²) in [5, 5.41) is 0.302. The number of aromatic nitrogens is 4. The summed E-state index contributed by atoms with van der Waals surface area (Å²) < 4.78 is 41.2. The van der Waals surface area contributed by atoms with E-state index in [4.69, 9.17) is 0 Å². The fourth-order valence-corrected chi connectivity index (χ4v) is 3.22. The first kappa shape index (κ1) is 14.3. The molecule has 0 bridgehead atoms. The molecular formula is C12H14F3N5S. The van der Waals surface area contributed by atoms with E-state index in [0.717, 1.165) is 41.6 Å². The van der Waals surface area contributed by atoms with E-state index >= 15 is 0 Å². The van der Waals surface area contributed by atoms with Crippen molar-refractivity contribution in [3.63, 3.8) is 0 Å². The Morgan fingerprint density at radius 3 is 2.62 bits per heavy atom. The average molecular weight is 317 g/mol. The number of halogens is 3. The van der Waals surface area contributed by atoms with Crippen LogP contribution in [-0.4, -0.2) is 25.9 Å². The summed E-state index contributed by atoms with van der Waals surface area (Å²) in [6, 6.07) is -0.0635. The normalized spacial score (nSPS) is 19.5. The molecule has 1 atom stereocenters. The standard InChI is InChI=1S/C12H14F3N5S/c1-6-7(2)17-9(16-6)8-4-3-5-20(8)11-18-10(19-21-11)12(13,14)15/h8H,3-5H2,1-2H3,(H,16,17). The number of hydrogen-bond acceptors (Lipinski definition) is 5. The summed E-state index contributed by atoms with van der Waals surface area (Å²) in [5.41, 5.74) is 1.88. The highest BCUT2D eigenvalue weighted by Crippen LogP contribution is 2.38. The van der Waals surface area contributed by atoms with Crippen LogP contribution in [0, 0.1) is 13.8 Å². The Morgan fingerprint density at radius 1 is 1.29 bits per heavy atom. The number of hydrogen-bond donors (Lipinski definition) is 1. The number of nitrogens with one attached hydrogen (secondary N) is 1. The third kappa shape index (κ3) is 2.61. The lowest BCUT2D eigenvalue weighted by atomic mass is 10.2. The van der Waals surface area contributed by atoms with Gasteiger partial charge >= 0.3 is 6.18 Å². The van der Waals surface area contributed by atoms with E-state index in [9.17, 15) is 13.2 Å². The molecule has 9 heteroatoms. The second-order valence-corrected chi connectivity index (χ2v) is 5.81. The van der Waals surface area contributed by atoms with Crippen LogP contribution < -0.4 is 4.90 Å². The Balaban J connectivity index is 1.89. The lowest BCUT2D eigenvalue weighted by molar-refractivity contribution is -0.144. The van der Waals surface area contributed by atoms with Gasteiger partial charge in [-0.15, -0.1) is 0 Å². The van der Waals surface area contributed by atoms with Crippen LogP contribution in [0.2, 0.25) is 0 Å². The fraction of sp³-hybridized carbons (Fsp3) is 0.583. The zero-order valence-electron chi connectivity index (χ0n) is 11.5. The van der Waals surface area contributed by atoms with E-state index in [-0.39, 0.29) is 6.04 Å². The predicted octanol–water partition coefficient (Wildman–Crippen LogP) is 3.24. The van der Waals surface area contributed by atoms with E-state index in [1.165, 1.54) is 0 Å². The highest BCUT2D eigenvalue weighted by atomic mass is 32.1. The predicted molar refractivity (Wildman–Crippen MR) is 72.3 cm³/mol. The highest BCUT2D eigenvalue weighted by Gasteiger charge is 2.38. The minimum atomic E-state index is -4.50. The fourth-order valence-electron chi connectivity index (χ4n) is 2.46. The van der Waals surface area contributed by atoms with Crippen LogP contribution in [0.5, 0.6) is 0 Å². The Morgan fingerprint density at radius 2 is 2.05 bits per heavy atom. The molecule has 1 N–H and O–H groups in total. The van der Waals surface area contributed by atoms with Crippen molar-refractivity contribution in [3.05, 3.63) is 23.0 Å². The minimum Gasteiger partial charge on any atom is -0.344 e. The summed E-state index contributed by atoms with van der Waals surface area (Å²) in [5.74, 6) is -0.286. The summed E-state index contributed by atoms with van der Waals surface area (Å²) in [4.78, 5) is 13.2. The van der Waals surface area contributed by atoms with Gasteiger partial charge in [0.15, 0.2) is 0 Å². The smallest absolute Gasteiger partial charge is 0.344 e. The Bertz CT molecular complexity index is 628. The summed E-state index contributed by atoms with van der Waals surface area (Å²) in [6.07, 6.45) is -2.76. The van der Waals surface area contributed by atoms with Crippen LogP contribution in [0.15, 0.2) is 0 Å². The molecule has 1 unspecified atom stereocenters. The molecule has 3 rings (SSSR count).